The molecule has 0 saturated carbocycles. The second-order valence-electron chi connectivity index (χ2n) is 6.37. The fraction of sp³-hybridized carbons (Fsp3) is 0.190. The zero-order valence-electron chi connectivity index (χ0n) is 15.7. The molecule has 1 aromatic heterocycles. The maximum absolute atomic E-state index is 12.6. The van der Waals surface area contributed by atoms with Crippen molar-refractivity contribution in [3.05, 3.63) is 76.2 Å². The van der Waals surface area contributed by atoms with E-state index in [1.54, 1.807) is 42.3 Å². The maximum atomic E-state index is 12.6. The number of benzene rings is 2. The maximum Gasteiger partial charge on any atom is 0.254 e. The van der Waals surface area contributed by atoms with Gasteiger partial charge in [-0.15, -0.1) is 23.1 Å². The Balaban J connectivity index is 1.52. The predicted molar refractivity (Wildman–Crippen MR) is 115 cm³/mol. The largest absolute Gasteiger partial charge is 0.332 e. The van der Waals surface area contributed by atoms with Gasteiger partial charge in [0.15, 0.2) is 0 Å². The first-order valence-corrected chi connectivity index (χ1v) is 10.7. The molecule has 0 spiro atoms. The lowest BCUT2D eigenvalue weighted by Gasteiger charge is -2.17. The smallest absolute Gasteiger partial charge is 0.254 e. The van der Waals surface area contributed by atoms with Gasteiger partial charge in [-0.3, -0.25) is 9.59 Å². The quantitative estimate of drug-likeness (QED) is 0.583. The summed E-state index contributed by atoms with van der Waals surface area (Å²) in [4.78, 5) is 31.5. The second kappa shape index (κ2) is 9.52. The van der Waals surface area contributed by atoms with E-state index in [-0.39, 0.29) is 18.4 Å². The number of hydrogen-bond acceptors (Lipinski definition) is 5. The molecule has 0 aliphatic heterocycles. The topological polar surface area (TPSA) is 62.3 Å². The Bertz CT molecular complexity index is 923. The minimum atomic E-state index is -0.227. The van der Waals surface area contributed by atoms with E-state index in [4.69, 9.17) is 0 Å². The normalized spacial score (nSPS) is 10.5. The molecule has 144 valence electrons. The first-order chi connectivity index (χ1) is 13.5. The fourth-order valence-corrected chi connectivity index (χ4v) is 3.97. The molecule has 0 atom stereocenters. The van der Waals surface area contributed by atoms with E-state index in [9.17, 15) is 9.59 Å². The average molecular weight is 412 g/mol. The Labute approximate surface area is 172 Å². The van der Waals surface area contributed by atoms with Crippen molar-refractivity contribution in [2.45, 2.75) is 17.6 Å². The van der Waals surface area contributed by atoms with Crippen LogP contribution in [0.2, 0.25) is 0 Å². The lowest BCUT2D eigenvalue weighted by Crippen LogP contribution is -2.34. The highest BCUT2D eigenvalue weighted by atomic mass is 32.2. The van der Waals surface area contributed by atoms with Gasteiger partial charge >= 0.3 is 0 Å². The summed E-state index contributed by atoms with van der Waals surface area (Å²) in [6.45, 7) is 1.98. The highest BCUT2D eigenvalue weighted by Gasteiger charge is 2.15. The molecule has 0 aliphatic carbocycles. The van der Waals surface area contributed by atoms with Gasteiger partial charge in [0.25, 0.3) is 5.91 Å². The third kappa shape index (κ3) is 5.68. The number of aryl methyl sites for hydroxylation is 1. The third-order valence-corrected chi connectivity index (χ3v) is 5.72. The van der Waals surface area contributed by atoms with Crippen molar-refractivity contribution in [2.24, 2.45) is 0 Å². The van der Waals surface area contributed by atoms with Crippen LogP contribution in [0.25, 0.3) is 0 Å². The summed E-state index contributed by atoms with van der Waals surface area (Å²) < 4.78 is 0. The molecule has 3 aromatic rings. The van der Waals surface area contributed by atoms with E-state index < -0.39 is 0 Å². The molecule has 1 N–H and O–H groups in total. The van der Waals surface area contributed by atoms with Crippen LogP contribution >= 0.6 is 23.1 Å². The molecule has 2 amide bonds. The van der Waals surface area contributed by atoms with Gasteiger partial charge in [-0.05, 0) is 43.3 Å². The van der Waals surface area contributed by atoms with Crippen molar-refractivity contribution in [1.82, 2.24) is 9.88 Å². The minimum absolute atomic E-state index is 0.00691. The molecule has 3 rings (SSSR count). The van der Waals surface area contributed by atoms with Crippen molar-refractivity contribution in [3.63, 3.8) is 0 Å². The van der Waals surface area contributed by atoms with E-state index in [2.05, 4.69) is 10.3 Å². The Hall–Kier alpha value is -2.64. The number of carbonyl (C=O) groups is 2. The number of hydrogen-bond donors (Lipinski definition) is 1. The van der Waals surface area contributed by atoms with Gasteiger partial charge in [0.05, 0.1) is 17.7 Å². The molecule has 0 radical (unpaired) electrons. The van der Waals surface area contributed by atoms with Gasteiger partial charge in [-0.1, -0.05) is 17.7 Å². The summed E-state index contributed by atoms with van der Waals surface area (Å²) in [7, 11) is 1.63. The summed E-state index contributed by atoms with van der Waals surface area (Å²) in [6, 6.07) is 15.0. The van der Waals surface area contributed by atoms with Gasteiger partial charge in [-0.2, -0.15) is 0 Å². The van der Waals surface area contributed by atoms with E-state index in [1.807, 2.05) is 54.2 Å². The molecule has 0 fully saturated rings. The molecular formula is C21H21N3O2S2. The number of amides is 2. The van der Waals surface area contributed by atoms with E-state index >= 15 is 0 Å². The molecule has 0 saturated heterocycles. The third-order valence-electron chi connectivity index (χ3n) is 4.03. The van der Waals surface area contributed by atoms with Crippen LogP contribution in [0.3, 0.4) is 0 Å². The molecule has 2 aromatic carbocycles. The van der Waals surface area contributed by atoms with Crippen LogP contribution in [-0.2, 0) is 10.5 Å². The van der Waals surface area contributed by atoms with Crippen LogP contribution in [0.1, 0.15) is 21.6 Å². The Kier molecular flexibility index (Phi) is 6.84. The Morgan fingerprint density at radius 1 is 1.11 bits per heavy atom. The number of rotatable bonds is 7. The molecular weight excluding hydrogens is 390 g/mol. The number of aromatic nitrogens is 1. The molecule has 5 nitrogen and oxygen atoms in total. The van der Waals surface area contributed by atoms with Crippen molar-refractivity contribution in [1.29, 1.82) is 0 Å². The number of likely N-dealkylation sites (N-methyl/N-ethyl adjacent to an activating group) is 1. The van der Waals surface area contributed by atoms with Gasteiger partial charge in [0.1, 0.15) is 0 Å². The van der Waals surface area contributed by atoms with Crippen LogP contribution in [-0.4, -0.2) is 35.3 Å². The van der Waals surface area contributed by atoms with Crippen molar-refractivity contribution < 1.29 is 9.59 Å². The lowest BCUT2D eigenvalue weighted by atomic mass is 10.2. The summed E-state index contributed by atoms with van der Waals surface area (Å²) >= 11 is 3.26. The average Bonchev–Trinajstić information content (AvgIpc) is 3.21. The number of anilines is 1. The van der Waals surface area contributed by atoms with Crippen LogP contribution in [0.5, 0.6) is 0 Å². The fourth-order valence-electron chi connectivity index (χ4n) is 2.50. The summed E-state index contributed by atoms with van der Waals surface area (Å²) in [5.41, 5.74) is 5.28. The predicted octanol–water partition coefficient (Wildman–Crippen LogP) is 4.45. The van der Waals surface area contributed by atoms with Gasteiger partial charge in [0, 0.05) is 34.3 Å². The number of nitrogens with zero attached hydrogens (tertiary/aromatic N) is 2. The zero-order valence-corrected chi connectivity index (χ0v) is 17.3. The number of thioether (sulfide) groups is 1. The van der Waals surface area contributed by atoms with Crippen LogP contribution in [0, 0.1) is 6.92 Å². The monoisotopic (exact) mass is 411 g/mol. The van der Waals surface area contributed by atoms with Gasteiger partial charge in [-0.25, -0.2) is 4.98 Å². The second-order valence-corrected chi connectivity index (χ2v) is 8.14. The van der Waals surface area contributed by atoms with E-state index in [0.717, 1.165) is 27.6 Å². The molecule has 1 heterocycles. The number of carbonyl (C=O) groups excluding carboxylic acids is 2. The first-order valence-electron chi connectivity index (χ1n) is 8.73. The summed E-state index contributed by atoms with van der Waals surface area (Å²) in [5, 5.41) is 4.83. The van der Waals surface area contributed by atoms with Crippen LogP contribution in [0.15, 0.2) is 64.3 Å². The number of thiazole rings is 1. The standard InChI is InChI=1S/C21H21N3O2S2/c1-15-3-7-17(8-4-15)23-20(25)11-24(2)21(26)16-5-9-19(10-6-16)28-13-18-12-27-14-22-18/h3-10,12,14H,11,13H2,1-2H3,(H,23,25). The highest BCUT2D eigenvalue weighted by molar-refractivity contribution is 7.98. The SMILES string of the molecule is Cc1ccc(NC(=O)CN(C)C(=O)c2ccc(SCc3cscn3)cc2)cc1. The minimum Gasteiger partial charge on any atom is -0.332 e. The first kappa shape index (κ1) is 20.1. The summed E-state index contributed by atoms with van der Waals surface area (Å²) in [6.07, 6.45) is 0. The molecule has 0 aliphatic rings. The van der Waals surface area contributed by atoms with E-state index in [0.29, 0.717) is 5.56 Å². The van der Waals surface area contributed by atoms with Crippen molar-refractivity contribution in [2.75, 3.05) is 18.9 Å². The van der Waals surface area contributed by atoms with Crippen LogP contribution in [0.4, 0.5) is 5.69 Å². The van der Waals surface area contributed by atoms with E-state index in [1.165, 1.54) is 4.90 Å². The zero-order chi connectivity index (χ0) is 19.9. The molecule has 7 heteroatoms. The molecule has 0 bridgehead atoms. The van der Waals surface area contributed by atoms with Crippen molar-refractivity contribution in [3.8, 4) is 0 Å². The Morgan fingerprint density at radius 2 is 1.82 bits per heavy atom. The Morgan fingerprint density at radius 3 is 2.46 bits per heavy atom. The van der Waals surface area contributed by atoms with Gasteiger partial charge < -0.3 is 10.2 Å². The highest BCUT2D eigenvalue weighted by Crippen LogP contribution is 2.23. The lowest BCUT2D eigenvalue weighted by molar-refractivity contribution is -0.116. The molecule has 28 heavy (non-hydrogen) atoms. The van der Waals surface area contributed by atoms with Crippen molar-refractivity contribution >= 4 is 40.6 Å². The number of nitrogens with one attached hydrogen (secondary N) is 1. The van der Waals surface area contributed by atoms with Crippen LogP contribution < -0.4 is 5.32 Å². The summed E-state index contributed by atoms with van der Waals surface area (Å²) in [5.74, 6) is 0.390. The molecule has 0 unspecified atom stereocenters. The van der Waals surface area contributed by atoms with Gasteiger partial charge in [0.2, 0.25) is 5.91 Å².